The van der Waals surface area contributed by atoms with Gasteiger partial charge in [-0.05, 0) is 12.8 Å². The van der Waals surface area contributed by atoms with Crippen LogP contribution in [0.3, 0.4) is 0 Å². The van der Waals surface area contributed by atoms with E-state index in [4.69, 9.17) is 9.47 Å². The van der Waals surface area contributed by atoms with Crippen LogP contribution in [-0.4, -0.2) is 49.9 Å². The van der Waals surface area contributed by atoms with Gasteiger partial charge < -0.3 is 39.0 Å². The number of esters is 2. The summed E-state index contributed by atoms with van der Waals surface area (Å²) in [5.74, 6) is -2.65. The molecule has 0 aromatic carbocycles. The van der Waals surface area contributed by atoms with Crippen molar-refractivity contribution in [1.29, 1.82) is 0 Å². The van der Waals surface area contributed by atoms with Crippen LogP contribution in [0, 0.1) is 0 Å². The van der Waals surface area contributed by atoms with Crippen molar-refractivity contribution in [3.8, 4) is 0 Å². The van der Waals surface area contributed by atoms with Gasteiger partial charge in [-0.2, -0.15) is 0 Å². The number of phosphoric ester groups is 1. The van der Waals surface area contributed by atoms with E-state index in [-0.39, 0.29) is 49.0 Å². The number of phosphoric acid groups is 1. The minimum absolute atomic E-state index is 0. The number of hydrogen-bond acceptors (Lipinski definition) is 10. The summed E-state index contributed by atoms with van der Waals surface area (Å²) < 4.78 is 31.0. The van der Waals surface area contributed by atoms with E-state index in [2.05, 4.69) is 14.8 Å². The van der Waals surface area contributed by atoms with Crippen LogP contribution in [0.2, 0.25) is 0 Å². The maximum atomic E-state index is 11.9. The van der Waals surface area contributed by atoms with Gasteiger partial charge in [0.25, 0.3) is 7.82 Å². The zero-order valence-electron chi connectivity index (χ0n) is 18.7. The molecule has 0 spiro atoms. The second-order valence-corrected chi connectivity index (χ2v) is 8.17. The number of carboxylic acid groups (broad SMARTS) is 1. The summed E-state index contributed by atoms with van der Waals surface area (Å²) in [4.78, 5) is 46.0. The van der Waals surface area contributed by atoms with E-state index in [1.54, 1.807) is 0 Å². The van der Waals surface area contributed by atoms with Crippen LogP contribution in [0.25, 0.3) is 0 Å². The Kier molecular flexibility index (Phi) is 20.0. The van der Waals surface area contributed by atoms with Gasteiger partial charge in [-0.25, -0.2) is 0 Å². The van der Waals surface area contributed by atoms with Gasteiger partial charge in [-0.1, -0.05) is 39.5 Å². The summed E-state index contributed by atoms with van der Waals surface area (Å²) in [6.45, 7) is 2.18. The first kappa shape index (κ1) is 32.7. The maximum absolute atomic E-state index is 11.9. The van der Waals surface area contributed by atoms with Gasteiger partial charge in [-0.15, -0.1) is 0 Å². The number of unbranched alkanes of at least 4 members (excludes halogenated alkanes) is 4. The van der Waals surface area contributed by atoms with Crippen LogP contribution in [0.4, 0.5) is 0 Å². The number of aliphatic carboxylic acids is 1. The van der Waals surface area contributed by atoms with Gasteiger partial charge >= 0.3 is 41.5 Å². The van der Waals surface area contributed by atoms with Crippen molar-refractivity contribution >= 4 is 25.7 Å². The molecule has 0 aromatic heterocycles. The van der Waals surface area contributed by atoms with Crippen molar-refractivity contribution in [2.24, 2.45) is 0 Å². The summed E-state index contributed by atoms with van der Waals surface area (Å²) in [7, 11) is -4.89. The van der Waals surface area contributed by atoms with Crippen molar-refractivity contribution in [1.82, 2.24) is 0 Å². The predicted octanol–water partition coefficient (Wildman–Crippen LogP) is -3.53. The Labute approximate surface area is 205 Å². The smallest absolute Gasteiger partial charge is 0.756 e. The van der Waals surface area contributed by atoms with Crippen molar-refractivity contribution in [3.05, 3.63) is 0 Å². The van der Waals surface area contributed by atoms with E-state index in [1.807, 2.05) is 13.8 Å². The largest absolute Gasteiger partial charge is 1.00 e. The molecule has 176 valence electrons. The Morgan fingerprint density at radius 2 is 1.42 bits per heavy atom. The third-order valence-electron chi connectivity index (χ3n) is 3.88. The van der Waals surface area contributed by atoms with Crippen molar-refractivity contribution in [3.63, 3.8) is 0 Å². The number of carbonyl (C=O) groups is 3. The zero-order valence-corrected chi connectivity index (χ0v) is 21.6. The molecule has 0 aliphatic rings. The van der Waals surface area contributed by atoms with E-state index in [1.165, 1.54) is 0 Å². The normalized spacial score (nSPS) is 14.6. The Bertz CT molecular complexity index is 578. The molecule has 1 unspecified atom stereocenters. The average Bonchev–Trinajstić information content (AvgIpc) is 2.68. The molecule has 0 bridgehead atoms. The molecule has 0 saturated carbocycles. The average molecular weight is 477 g/mol. The fourth-order valence-electron chi connectivity index (χ4n) is 2.12. The van der Waals surface area contributed by atoms with Crippen molar-refractivity contribution < 1.29 is 82.8 Å². The van der Waals surface area contributed by atoms with E-state index in [0.29, 0.717) is 12.8 Å². The van der Waals surface area contributed by atoms with E-state index < -0.39 is 51.1 Å². The molecule has 0 aliphatic carbocycles. The molecule has 0 aliphatic heterocycles. The SMILES string of the molecule is CCCCCC(=O)OC[C@H](COP(=O)([O-])OC[C@H]([NH3+])C(=O)[O-])OC(=O)CCCCC.[Na+]. The Hall–Kier alpha value is -0.520. The molecular weight excluding hydrogens is 444 g/mol. The molecule has 0 amide bonds. The number of carboxylic acids is 1. The van der Waals surface area contributed by atoms with Crippen LogP contribution in [0.15, 0.2) is 0 Å². The van der Waals surface area contributed by atoms with Crippen molar-refractivity contribution in [2.75, 3.05) is 19.8 Å². The third-order valence-corrected chi connectivity index (χ3v) is 4.81. The summed E-state index contributed by atoms with van der Waals surface area (Å²) in [5, 5.41) is 10.6. The van der Waals surface area contributed by atoms with Crippen LogP contribution < -0.4 is 45.3 Å². The van der Waals surface area contributed by atoms with E-state index >= 15 is 0 Å². The van der Waals surface area contributed by atoms with Gasteiger partial charge in [0.05, 0.1) is 6.61 Å². The molecular formula is C18H33NNaO10P. The second kappa shape index (κ2) is 19.0. The standard InChI is InChI=1S/C18H34NO10P.Na/c1-3-5-7-9-16(20)26-11-14(29-17(21)10-8-6-4-2)12-27-30(24,25)28-13-15(19)18(22)23;/h14-15H,3-13,19H2,1-2H3,(H,22,23)(H,24,25);/q;+1/p-1/t14-,15+;/m1./s1. The van der Waals surface area contributed by atoms with Crippen molar-refractivity contribution in [2.45, 2.75) is 77.4 Å². The minimum atomic E-state index is -4.89. The first-order chi connectivity index (χ1) is 14.1. The van der Waals surface area contributed by atoms with Gasteiger partial charge in [-0.3, -0.25) is 14.2 Å². The summed E-state index contributed by atoms with van der Waals surface area (Å²) in [6, 6.07) is -1.41. The second-order valence-electron chi connectivity index (χ2n) is 6.76. The fraction of sp³-hybridized carbons (Fsp3) is 0.833. The molecule has 13 heteroatoms. The van der Waals surface area contributed by atoms with Crippen LogP contribution >= 0.6 is 7.82 Å². The molecule has 0 heterocycles. The first-order valence-electron chi connectivity index (χ1n) is 10.1. The molecule has 0 radical (unpaired) electrons. The molecule has 0 fully saturated rings. The van der Waals surface area contributed by atoms with Gasteiger partial charge in [0.15, 0.2) is 6.10 Å². The predicted molar refractivity (Wildman–Crippen MR) is 100 cm³/mol. The summed E-state index contributed by atoms with van der Waals surface area (Å²) in [6.07, 6.45) is 3.98. The van der Waals surface area contributed by atoms with Gasteiger partial charge in [0.1, 0.15) is 25.2 Å². The third kappa shape index (κ3) is 18.7. The first-order valence-corrected chi connectivity index (χ1v) is 11.6. The number of rotatable bonds is 18. The van der Waals surface area contributed by atoms with E-state index in [0.717, 1.165) is 25.7 Å². The number of hydrogen-bond donors (Lipinski definition) is 1. The molecule has 3 atom stereocenters. The van der Waals surface area contributed by atoms with Crippen LogP contribution in [0.5, 0.6) is 0 Å². The molecule has 0 aromatic rings. The zero-order chi connectivity index (χ0) is 23.0. The fourth-order valence-corrected chi connectivity index (χ4v) is 2.90. The molecule has 0 rings (SSSR count). The summed E-state index contributed by atoms with van der Waals surface area (Å²) >= 11 is 0. The number of quaternary nitrogens is 1. The van der Waals surface area contributed by atoms with Crippen LogP contribution in [-0.2, 0) is 37.5 Å². The Morgan fingerprint density at radius 3 is 1.94 bits per heavy atom. The minimum Gasteiger partial charge on any atom is -0.756 e. The molecule has 11 nitrogen and oxygen atoms in total. The summed E-state index contributed by atoms with van der Waals surface area (Å²) in [5.41, 5.74) is 3.16. The van der Waals surface area contributed by atoms with Gasteiger partial charge in [0, 0.05) is 12.8 Å². The molecule has 0 saturated heterocycles. The van der Waals surface area contributed by atoms with E-state index in [9.17, 15) is 28.9 Å². The number of carbonyl (C=O) groups excluding carboxylic acids is 3. The topological polar surface area (TPSA) is 179 Å². The Morgan fingerprint density at radius 1 is 0.903 bits per heavy atom. The molecule has 3 N–H and O–H groups in total. The molecule has 31 heavy (non-hydrogen) atoms. The van der Waals surface area contributed by atoms with Gasteiger partial charge in [0.2, 0.25) is 0 Å². The monoisotopic (exact) mass is 477 g/mol. The Balaban J connectivity index is 0. The maximum Gasteiger partial charge on any atom is 1.00 e. The quantitative estimate of drug-likeness (QED) is 0.0900. The van der Waals surface area contributed by atoms with Crippen LogP contribution in [0.1, 0.15) is 65.2 Å². The number of ether oxygens (including phenoxy) is 2.